The summed E-state index contributed by atoms with van der Waals surface area (Å²) in [6, 6.07) is 5.78. The summed E-state index contributed by atoms with van der Waals surface area (Å²) in [5, 5.41) is 10.3. The lowest BCUT2D eigenvalue weighted by Gasteiger charge is -2.03. The van der Waals surface area contributed by atoms with E-state index < -0.39 is 0 Å². The van der Waals surface area contributed by atoms with Crippen LogP contribution < -0.4 is 9.47 Å². The molecule has 1 heterocycles. The molecule has 13 heavy (non-hydrogen) atoms. The third-order valence-electron chi connectivity index (χ3n) is 2.07. The minimum absolute atomic E-state index is 0.0372. The van der Waals surface area contributed by atoms with E-state index in [1.54, 1.807) is 0 Å². The second-order valence-corrected chi connectivity index (χ2v) is 2.96. The lowest BCUT2D eigenvalue weighted by molar-refractivity contribution is 0.172. The zero-order valence-corrected chi connectivity index (χ0v) is 7.29. The molecule has 1 aromatic carbocycles. The van der Waals surface area contributed by atoms with Gasteiger partial charge in [-0.3, -0.25) is 0 Å². The molecule has 1 aliphatic rings. The summed E-state index contributed by atoms with van der Waals surface area (Å²) in [5.41, 5.74) is 1.07. The molecule has 0 fully saturated rings. The van der Waals surface area contributed by atoms with Crippen molar-refractivity contribution in [3.63, 3.8) is 0 Å². The highest BCUT2D eigenvalue weighted by Gasteiger charge is 2.16. The predicted octanol–water partition coefficient (Wildman–Crippen LogP) is 1.78. The van der Waals surface area contributed by atoms with E-state index in [0.29, 0.717) is 13.2 Å². The number of hydrogen-bond acceptors (Lipinski definition) is 2. The second kappa shape index (κ2) is 3.66. The molecular formula is C10H11O3. The van der Waals surface area contributed by atoms with Crippen LogP contribution in [-0.4, -0.2) is 13.4 Å². The van der Waals surface area contributed by atoms with Crippen LogP contribution in [-0.2, 0) is 11.5 Å². The summed E-state index contributed by atoms with van der Waals surface area (Å²) in [6.07, 6.45) is 1.43. The third kappa shape index (κ3) is 1.60. The lowest BCUT2D eigenvalue weighted by Crippen LogP contribution is -1.95. The molecule has 1 aliphatic heterocycles. The van der Waals surface area contributed by atoms with Gasteiger partial charge < -0.3 is 9.47 Å². The van der Waals surface area contributed by atoms with Crippen molar-refractivity contribution >= 4 is 0 Å². The predicted molar refractivity (Wildman–Crippen MR) is 46.4 cm³/mol. The Balaban J connectivity index is 2.20. The quantitative estimate of drug-likeness (QED) is 0.709. The highest BCUT2D eigenvalue weighted by Crippen LogP contribution is 2.35. The van der Waals surface area contributed by atoms with E-state index in [1.807, 2.05) is 18.2 Å². The fourth-order valence-electron chi connectivity index (χ4n) is 1.45. The van der Waals surface area contributed by atoms with Gasteiger partial charge in [-0.2, -0.15) is 0 Å². The van der Waals surface area contributed by atoms with Crippen LogP contribution in [0.1, 0.15) is 12.0 Å². The van der Waals surface area contributed by atoms with E-state index in [2.05, 4.69) is 0 Å². The first kappa shape index (κ1) is 8.38. The van der Waals surface area contributed by atoms with Crippen LogP contribution >= 0.6 is 0 Å². The Labute approximate surface area is 76.9 Å². The Morgan fingerprint density at radius 1 is 1.31 bits per heavy atom. The summed E-state index contributed by atoms with van der Waals surface area (Å²) in [5.74, 6) is 1.61. The van der Waals surface area contributed by atoms with Crippen LogP contribution in [0.5, 0.6) is 11.5 Å². The molecule has 0 spiro atoms. The van der Waals surface area contributed by atoms with Gasteiger partial charge in [-0.25, -0.2) is 5.11 Å². The highest BCUT2D eigenvalue weighted by molar-refractivity contribution is 5.48. The Bertz CT molecular complexity index is 296. The molecule has 0 saturated heterocycles. The number of benzene rings is 1. The van der Waals surface area contributed by atoms with Crippen molar-refractivity contribution in [1.82, 2.24) is 0 Å². The third-order valence-corrected chi connectivity index (χ3v) is 2.07. The first-order chi connectivity index (χ1) is 6.42. The Morgan fingerprint density at radius 2 is 2.23 bits per heavy atom. The van der Waals surface area contributed by atoms with Gasteiger partial charge in [0.1, 0.15) is 0 Å². The zero-order chi connectivity index (χ0) is 9.10. The Hall–Kier alpha value is -1.22. The van der Waals surface area contributed by atoms with Gasteiger partial charge in [0.25, 0.3) is 0 Å². The van der Waals surface area contributed by atoms with E-state index in [-0.39, 0.29) is 6.61 Å². The highest BCUT2D eigenvalue weighted by atomic mass is 16.7. The van der Waals surface area contributed by atoms with E-state index in [9.17, 15) is 5.11 Å². The average molecular weight is 179 g/mol. The van der Waals surface area contributed by atoms with E-state index in [0.717, 1.165) is 23.5 Å². The summed E-state index contributed by atoms with van der Waals surface area (Å²) >= 11 is 0. The van der Waals surface area contributed by atoms with Gasteiger partial charge in [0.15, 0.2) is 11.5 Å². The molecule has 0 aliphatic carbocycles. The first-order valence-corrected chi connectivity index (χ1v) is 4.37. The fraction of sp³-hybridized carbons (Fsp3) is 0.400. The van der Waals surface area contributed by atoms with Gasteiger partial charge in [0.2, 0.25) is 6.79 Å². The summed E-state index contributed by atoms with van der Waals surface area (Å²) < 4.78 is 10.5. The largest absolute Gasteiger partial charge is 0.454 e. The normalized spacial score (nSPS) is 13.3. The van der Waals surface area contributed by atoms with Crippen LogP contribution in [0.25, 0.3) is 0 Å². The van der Waals surface area contributed by atoms with Gasteiger partial charge in [-0.05, 0) is 24.5 Å². The Kier molecular flexibility index (Phi) is 2.36. The maximum Gasteiger partial charge on any atom is 0.231 e. The number of rotatable bonds is 3. The van der Waals surface area contributed by atoms with Crippen LogP contribution in [0.4, 0.5) is 0 Å². The van der Waals surface area contributed by atoms with E-state index in [4.69, 9.17) is 9.47 Å². The Morgan fingerprint density at radius 3 is 3.08 bits per heavy atom. The summed E-state index contributed by atoms with van der Waals surface area (Å²) in [4.78, 5) is 0. The van der Waals surface area contributed by atoms with Crippen molar-refractivity contribution < 1.29 is 14.6 Å². The first-order valence-electron chi connectivity index (χ1n) is 4.37. The van der Waals surface area contributed by atoms with Crippen LogP contribution in [0.3, 0.4) is 0 Å². The van der Waals surface area contributed by atoms with Crippen molar-refractivity contribution in [1.29, 1.82) is 0 Å². The minimum atomic E-state index is -0.0372. The molecule has 0 atom stereocenters. The molecule has 0 amide bonds. The SMILES string of the molecule is [O]CCCc1cccc2c1OCO2. The molecule has 0 unspecified atom stereocenters. The monoisotopic (exact) mass is 179 g/mol. The van der Waals surface area contributed by atoms with Gasteiger partial charge in [0, 0.05) is 0 Å². The van der Waals surface area contributed by atoms with Crippen LogP contribution in [0.15, 0.2) is 18.2 Å². The maximum atomic E-state index is 10.3. The van der Waals surface area contributed by atoms with Gasteiger partial charge in [-0.15, -0.1) is 0 Å². The molecule has 3 heteroatoms. The van der Waals surface area contributed by atoms with E-state index >= 15 is 0 Å². The summed E-state index contributed by atoms with van der Waals surface area (Å²) in [6.45, 7) is 0.258. The molecule has 0 bridgehead atoms. The minimum Gasteiger partial charge on any atom is -0.454 e. The zero-order valence-electron chi connectivity index (χ0n) is 7.29. The van der Waals surface area contributed by atoms with Crippen molar-refractivity contribution in [3.05, 3.63) is 23.8 Å². The smallest absolute Gasteiger partial charge is 0.231 e. The second-order valence-electron chi connectivity index (χ2n) is 2.96. The molecule has 2 rings (SSSR count). The van der Waals surface area contributed by atoms with Crippen molar-refractivity contribution in [2.45, 2.75) is 12.8 Å². The van der Waals surface area contributed by atoms with Crippen LogP contribution in [0, 0.1) is 0 Å². The molecule has 69 valence electrons. The van der Waals surface area contributed by atoms with E-state index in [1.165, 1.54) is 0 Å². The average Bonchev–Trinajstić information content (AvgIpc) is 2.62. The maximum absolute atomic E-state index is 10.3. The standard InChI is InChI=1S/C10H11O3/c11-6-2-4-8-3-1-5-9-10(8)13-7-12-9/h1,3,5H,2,4,6-7H2. The number of hydrogen-bond donors (Lipinski definition) is 0. The lowest BCUT2D eigenvalue weighted by atomic mass is 10.1. The molecule has 3 nitrogen and oxygen atoms in total. The number of fused-ring (bicyclic) bond motifs is 1. The van der Waals surface area contributed by atoms with Crippen LogP contribution in [0.2, 0.25) is 0 Å². The molecule has 1 radical (unpaired) electrons. The van der Waals surface area contributed by atoms with Crippen molar-refractivity contribution in [2.24, 2.45) is 0 Å². The molecule has 0 N–H and O–H groups in total. The molecule has 0 saturated carbocycles. The molecular weight excluding hydrogens is 168 g/mol. The van der Waals surface area contributed by atoms with Gasteiger partial charge >= 0.3 is 0 Å². The van der Waals surface area contributed by atoms with Gasteiger partial charge in [-0.1, -0.05) is 12.1 Å². The molecule has 0 aromatic heterocycles. The number of para-hydroxylation sites is 1. The van der Waals surface area contributed by atoms with Gasteiger partial charge in [0.05, 0.1) is 6.61 Å². The van der Waals surface area contributed by atoms with Crippen molar-refractivity contribution in [3.8, 4) is 11.5 Å². The van der Waals surface area contributed by atoms with Crippen molar-refractivity contribution in [2.75, 3.05) is 13.4 Å². The number of aryl methyl sites for hydroxylation is 1. The summed E-state index contributed by atoms with van der Waals surface area (Å²) in [7, 11) is 0. The topological polar surface area (TPSA) is 38.4 Å². The number of ether oxygens (including phenoxy) is 2. The molecule has 1 aromatic rings. The fourth-order valence-corrected chi connectivity index (χ4v) is 1.45.